The third-order valence-corrected chi connectivity index (χ3v) is 3.56. The maximum atomic E-state index is 12.4. The van der Waals surface area contributed by atoms with Crippen LogP contribution in [0.4, 0.5) is 0 Å². The van der Waals surface area contributed by atoms with Crippen molar-refractivity contribution in [2.75, 3.05) is 13.7 Å². The highest BCUT2D eigenvalue weighted by atomic mass is 16.5. The molecule has 108 valence electrons. The molecule has 0 spiro atoms. The topological polar surface area (TPSA) is 66.8 Å². The summed E-state index contributed by atoms with van der Waals surface area (Å²) in [7, 11) is 1.62. The summed E-state index contributed by atoms with van der Waals surface area (Å²) in [4.78, 5) is 25.1. The number of carbonyl (C=O) groups excluding carboxylic acids is 1. The van der Waals surface area contributed by atoms with Crippen molar-refractivity contribution < 1.29 is 19.4 Å². The Morgan fingerprint density at radius 1 is 1.30 bits per heavy atom. The van der Waals surface area contributed by atoms with E-state index in [-0.39, 0.29) is 5.91 Å². The lowest BCUT2D eigenvalue weighted by Gasteiger charge is -2.33. The molecule has 0 saturated carbocycles. The molecule has 1 aromatic rings. The summed E-state index contributed by atoms with van der Waals surface area (Å²) in [6.45, 7) is 1.01. The fraction of sp³-hybridized carbons (Fsp3) is 0.467. The molecule has 0 aliphatic carbocycles. The Balaban J connectivity index is 2.14. The van der Waals surface area contributed by atoms with Gasteiger partial charge in [0, 0.05) is 19.2 Å². The van der Waals surface area contributed by atoms with Crippen LogP contribution in [0.25, 0.3) is 0 Å². The second-order valence-electron chi connectivity index (χ2n) is 4.98. The first kappa shape index (κ1) is 14.5. The summed E-state index contributed by atoms with van der Waals surface area (Å²) in [5.74, 6) is -1.13. The standard InChI is InChI=1S/C15H19NO4/c1-20-10-11-5-7-12(8-6-11)14(17)16-9-3-2-4-13(16)15(18)19/h5-8,13H,2-4,9-10H2,1H3,(H,18,19)/t13-/m0/s1. The molecule has 2 rings (SSSR count). The number of carboxylic acids is 1. The lowest BCUT2D eigenvalue weighted by molar-refractivity contribution is -0.143. The number of nitrogens with zero attached hydrogens (tertiary/aromatic N) is 1. The number of carboxylic acid groups (broad SMARTS) is 1. The van der Waals surface area contributed by atoms with Crippen molar-refractivity contribution in [1.29, 1.82) is 0 Å². The molecule has 1 aliphatic rings. The first-order valence-electron chi connectivity index (χ1n) is 6.75. The lowest BCUT2D eigenvalue weighted by Crippen LogP contribution is -2.47. The van der Waals surface area contributed by atoms with Crippen LogP contribution in [0.5, 0.6) is 0 Å². The number of methoxy groups -OCH3 is 1. The molecule has 1 atom stereocenters. The van der Waals surface area contributed by atoms with Crippen molar-refractivity contribution in [3.05, 3.63) is 35.4 Å². The normalized spacial score (nSPS) is 18.9. The van der Waals surface area contributed by atoms with Gasteiger partial charge >= 0.3 is 5.97 Å². The minimum atomic E-state index is -0.922. The average molecular weight is 277 g/mol. The SMILES string of the molecule is COCc1ccc(C(=O)N2CCCC[C@H]2C(=O)O)cc1. The van der Waals surface area contributed by atoms with E-state index in [1.165, 1.54) is 4.90 Å². The number of benzene rings is 1. The Kier molecular flexibility index (Phi) is 4.74. The van der Waals surface area contributed by atoms with Crippen LogP contribution in [0, 0.1) is 0 Å². The summed E-state index contributed by atoms with van der Waals surface area (Å²) in [6.07, 6.45) is 2.24. The fourth-order valence-corrected chi connectivity index (χ4v) is 2.51. The fourth-order valence-electron chi connectivity index (χ4n) is 2.51. The molecule has 1 aromatic carbocycles. The summed E-state index contributed by atoms with van der Waals surface area (Å²) < 4.78 is 5.02. The zero-order chi connectivity index (χ0) is 14.5. The van der Waals surface area contributed by atoms with Crippen molar-refractivity contribution in [2.24, 2.45) is 0 Å². The molecule has 5 heteroatoms. The Hall–Kier alpha value is -1.88. The number of hydrogen-bond acceptors (Lipinski definition) is 3. The predicted molar refractivity (Wildman–Crippen MR) is 73.5 cm³/mol. The molecule has 0 bridgehead atoms. The highest BCUT2D eigenvalue weighted by molar-refractivity contribution is 5.96. The van der Waals surface area contributed by atoms with Crippen molar-refractivity contribution >= 4 is 11.9 Å². The van der Waals surface area contributed by atoms with Gasteiger partial charge in [-0.1, -0.05) is 12.1 Å². The lowest BCUT2D eigenvalue weighted by atomic mass is 10.0. The van der Waals surface area contributed by atoms with Gasteiger partial charge in [0.05, 0.1) is 6.61 Å². The van der Waals surface area contributed by atoms with Crippen LogP contribution in [0.15, 0.2) is 24.3 Å². The summed E-state index contributed by atoms with van der Waals surface area (Å²) in [5, 5.41) is 9.21. The third kappa shape index (κ3) is 3.17. The second kappa shape index (κ2) is 6.52. The molecule has 0 unspecified atom stereocenters. The molecule has 1 heterocycles. The van der Waals surface area contributed by atoms with Crippen molar-refractivity contribution in [3.63, 3.8) is 0 Å². The largest absolute Gasteiger partial charge is 0.480 e. The van der Waals surface area contributed by atoms with E-state index in [1.807, 2.05) is 12.1 Å². The van der Waals surface area contributed by atoms with Crippen LogP contribution in [-0.2, 0) is 16.1 Å². The Bertz CT molecular complexity index is 483. The summed E-state index contributed by atoms with van der Waals surface area (Å²) in [6, 6.07) is 6.41. The molecule has 0 aromatic heterocycles. The van der Waals surface area contributed by atoms with Gasteiger partial charge in [0.25, 0.3) is 5.91 Å². The van der Waals surface area contributed by atoms with Gasteiger partial charge < -0.3 is 14.7 Å². The van der Waals surface area contributed by atoms with Crippen molar-refractivity contribution in [3.8, 4) is 0 Å². The van der Waals surface area contributed by atoms with E-state index in [0.717, 1.165) is 18.4 Å². The van der Waals surface area contributed by atoms with Crippen LogP contribution in [0.3, 0.4) is 0 Å². The van der Waals surface area contributed by atoms with E-state index in [2.05, 4.69) is 0 Å². The second-order valence-corrected chi connectivity index (χ2v) is 4.98. The molecule has 1 aliphatic heterocycles. The quantitative estimate of drug-likeness (QED) is 0.913. The predicted octanol–water partition coefficient (Wildman–Crippen LogP) is 1.91. The van der Waals surface area contributed by atoms with Gasteiger partial charge in [0.15, 0.2) is 0 Å². The highest BCUT2D eigenvalue weighted by Gasteiger charge is 2.32. The van der Waals surface area contributed by atoms with Crippen molar-refractivity contribution in [1.82, 2.24) is 4.90 Å². The van der Waals surface area contributed by atoms with Gasteiger partial charge in [-0.2, -0.15) is 0 Å². The molecular formula is C15H19NO4. The minimum Gasteiger partial charge on any atom is -0.480 e. The van der Waals surface area contributed by atoms with Crippen LogP contribution < -0.4 is 0 Å². The molecule has 1 N–H and O–H groups in total. The van der Waals surface area contributed by atoms with Crippen molar-refractivity contribution in [2.45, 2.75) is 31.9 Å². The zero-order valence-corrected chi connectivity index (χ0v) is 11.5. The van der Waals surface area contributed by atoms with Crippen LogP contribution in [-0.4, -0.2) is 41.6 Å². The van der Waals surface area contributed by atoms with E-state index in [9.17, 15) is 14.7 Å². The maximum absolute atomic E-state index is 12.4. The van der Waals surface area contributed by atoms with E-state index in [4.69, 9.17) is 4.74 Å². The molecule has 1 amide bonds. The van der Waals surface area contributed by atoms with Gasteiger partial charge in [-0.3, -0.25) is 4.79 Å². The zero-order valence-electron chi connectivity index (χ0n) is 11.5. The summed E-state index contributed by atoms with van der Waals surface area (Å²) >= 11 is 0. The molecule has 1 fully saturated rings. The Morgan fingerprint density at radius 2 is 2.00 bits per heavy atom. The third-order valence-electron chi connectivity index (χ3n) is 3.56. The van der Waals surface area contributed by atoms with Gasteiger partial charge in [-0.25, -0.2) is 4.79 Å². The number of hydrogen-bond donors (Lipinski definition) is 1. The average Bonchev–Trinajstić information content (AvgIpc) is 2.47. The first-order chi connectivity index (χ1) is 9.63. The maximum Gasteiger partial charge on any atom is 0.326 e. The van der Waals surface area contributed by atoms with Gasteiger partial charge in [-0.15, -0.1) is 0 Å². The highest BCUT2D eigenvalue weighted by Crippen LogP contribution is 2.20. The molecule has 0 radical (unpaired) electrons. The number of amides is 1. The number of likely N-dealkylation sites (tertiary alicyclic amines) is 1. The van der Waals surface area contributed by atoms with Gasteiger partial charge in [-0.05, 0) is 37.0 Å². The van der Waals surface area contributed by atoms with Crippen LogP contribution >= 0.6 is 0 Å². The molecular weight excluding hydrogens is 258 g/mol. The van der Waals surface area contributed by atoms with E-state index in [0.29, 0.717) is 25.1 Å². The first-order valence-corrected chi connectivity index (χ1v) is 6.75. The smallest absolute Gasteiger partial charge is 0.326 e. The summed E-state index contributed by atoms with van der Waals surface area (Å²) in [5.41, 5.74) is 1.51. The monoisotopic (exact) mass is 277 g/mol. The van der Waals surface area contributed by atoms with E-state index >= 15 is 0 Å². The Morgan fingerprint density at radius 3 is 2.60 bits per heavy atom. The molecule has 20 heavy (non-hydrogen) atoms. The molecule has 5 nitrogen and oxygen atoms in total. The van der Waals surface area contributed by atoms with Gasteiger partial charge in [0.2, 0.25) is 0 Å². The minimum absolute atomic E-state index is 0.207. The van der Waals surface area contributed by atoms with E-state index in [1.54, 1.807) is 19.2 Å². The number of ether oxygens (including phenoxy) is 1. The Labute approximate surface area is 118 Å². The van der Waals surface area contributed by atoms with Crippen LogP contribution in [0.1, 0.15) is 35.2 Å². The number of piperidine rings is 1. The number of carbonyl (C=O) groups is 2. The van der Waals surface area contributed by atoms with Gasteiger partial charge in [0.1, 0.15) is 6.04 Å². The number of rotatable bonds is 4. The van der Waals surface area contributed by atoms with E-state index < -0.39 is 12.0 Å². The number of aliphatic carboxylic acids is 1. The van der Waals surface area contributed by atoms with Crippen LogP contribution in [0.2, 0.25) is 0 Å². The molecule has 1 saturated heterocycles.